The first-order valence-corrected chi connectivity index (χ1v) is 5.18. The first kappa shape index (κ1) is 13.9. The molecule has 0 spiro atoms. The summed E-state index contributed by atoms with van der Waals surface area (Å²) in [7, 11) is 0. The third-order valence-electron chi connectivity index (χ3n) is 1.99. The summed E-state index contributed by atoms with van der Waals surface area (Å²) in [5.74, 6) is -0.922. The molecular formula is C10H19NO4. The van der Waals surface area contributed by atoms with Gasteiger partial charge < -0.3 is 14.7 Å². The number of aliphatic carboxylic acids is 1. The predicted octanol–water partition coefficient (Wildman–Crippen LogP) is 0.735. The number of ether oxygens (including phenoxy) is 1. The Morgan fingerprint density at radius 2 is 2.07 bits per heavy atom. The van der Waals surface area contributed by atoms with Crippen LogP contribution in [-0.4, -0.2) is 47.7 Å². The van der Waals surface area contributed by atoms with Gasteiger partial charge in [0.1, 0.15) is 0 Å². The number of morpholine rings is 1. The summed E-state index contributed by atoms with van der Waals surface area (Å²) in [5.41, 5.74) is 0. The first-order chi connectivity index (χ1) is 7.09. The minimum absolute atomic E-state index is 0.0290. The normalized spacial score (nSPS) is 20.2. The zero-order chi connectivity index (χ0) is 11.8. The molecule has 1 atom stereocenters. The van der Waals surface area contributed by atoms with Crippen molar-refractivity contribution < 1.29 is 19.4 Å². The largest absolute Gasteiger partial charge is 0.481 e. The van der Waals surface area contributed by atoms with Crippen molar-refractivity contribution in [2.24, 2.45) is 0 Å². The molecule has 1 N–H and O–H groups in total. The van der Waals surface area contributed by atoms with Gasteiger partial charge in [0, 0.05) is 20.0 Å². The van der Waals surface area contributed by atoms with Gasteiger partial charge in [0.25, 0.3) is 0 Å². The summed E-state index contributed by atoms with van der Waals surface area (Å²) in [6.45, 7) is 6.85. The van der Waals surface area contributed by atoms with Gasteiger partial charge in [-0.1, -0.05) is 13.8 Å². The van der Waals surface area contributed by atoms with E-state index in [-0.39, 0.29) is 18.4 Å². The molecule has 15 heavy (non-hydrogen) atoms. The number of carbonyl (C=O) groups is 2. The lowest BCUT2D eigenvalue weighted by Crippen LogP contribution is -2.45. The van der Waals surface area contributed by atoms with E-state index >= 15 is 0 Å². The average molecular weight is 217 g/mol. The Hall–Kier alpha value is -1.10. The number of carbonyl (C=O) groups excluding carboxylic acids is 1. The number of rotatable bonds is 2. The molecule has 0 aromatic carbocycles. The fourth-order valence-electron chi connectivity index (χ4n) is 1.32. The van der Waals surface area contributed by atoms with Crippen LogP contribution in [0.1, 0.15) is 27.2 Å². The highest BCUT2D eigenvalue weighted by molar-refractivity contribution is 5.73. The summed E-state index contributed by atoms with van der Waals surface area (Å²) < 4.78 is 5.19. The molecule has 1 rings (SSSR count). The van der Waals surface area contributed by atoms with Crippen molar-refractivity contribution in [3.05, 3.63) is 0 Å². The molecule has 0 radical (unpaired) electrons. The van der Waals surface area contributed by atoms with Crippen LogP contribution in [0.25, 0.3) is 0 Å². The topological polar surface area (TPSA) is 66.8 Å². The lowest BCUT2D eigenvalue weighted by molar-refractivity contribution is -0.146. The van der Waals surface area contributed by atoms with Gasteiger partial charge in [-0.3, -0.25) is 9.59 Å². The lowest BCUT2D eigenvalue weighted by atomic mass is 10.2. The standard InChI is InChI=1S/C8H13NO4.C2H6/c1-6(10)9-2-3-13-7(5-9)4-8(11)12;1-2/h7H,2-5H2,1H3,(H,11,12);1-2H3. The van der Waals surface area contributed by atoms with Gasteiger partial charge >= 0.3 is 5.97 Å². The molecule has 0 bridgehead atoms. The van der Waals surface area contributed by atoms with E-state index in [2.05, 4.69) is 0 Å². The molecule has 0 aromatic heterocycles. The molecule has 88 valence electrons. The van der Waals surface area contributed by atoms with Crippen LogP contribution in [0.2, 0.25) is 0 Å². The van der Waals surface area contributed by atoms with Gasteiger partial charge in [0.15, 0.2) is 0 Å². The Bertz CT molecular complexity index is 217. The fourth-order valence-corrected chi connectivity index (χ4v) is 1.32. The Balaban J connectivity index is 0.000000921. The molecule has 0 saturated carbocycles. The predicted molar refractivity (Wildman–Crippen MR) is 55.6 cm³/mol. The molecule has 0 aliphatic carbocycles. The highest BCUT2D eigenvalue weighted by atomic mass is 16.5. The average Bonchev–Trinajstić information content (AvgIpc) is 2.20. The molecule has 1 fully saturated rings. The molecular weight excluding hydrogens is 198 g/mol. The van der Waals surface area contributed by atoms with E-state index in [1.54, 1.807) is 4.90 Å². The fraction of sp³-hybridized carbons (Fsp3) is 0.800. The third-order valence-corrected chi connectivity index (χ3v) is 1.99. The monoisotopic (exact) mass is 217 g/mol. The van der Waals surface area contributed by atoms with Gasteiger partial charge in [-0.05, 0) is 0 Å². The zero-order valence-electron chi connectivity index (χ0n) is 9.52. The molecule has 5 nitrogen and oxygen atoms in total. The number of hydrogen-bond acceptors (Lipinski definition) is 3. The van der Waals surface area contributed by atoms with E-state index in [0.29, 0.717) is 19.7 Å². The maximum atomic E-state index is 11.0. The second-order valence-corrected chi connectivity index (χ2v) is 3.06. The van der Waals surface area contributed by atoms with E-state index in [1.807, 2.05) is 13.8 Å². The van der Waals surface area contributed by atoms with Crippen molar-refractivity contribution in [3.8, 4) is 0 Å². The van der Waals surface area contributed by atoms with Gasteiger partial charge in [-0.25, -0.2) is 0 Å². The van der Waals surface area contributed by atoms with Crippen molar-refractivity contribution in [2.45, 2.75) is 33.3 Å². The van der Waals surface area contributed by atoms with Gasteiger partial charge in [-0.2, -0.15) is 0 Å². The van der Waals surface area contributed by atoms with Crippen LogP contribution in [0.15, 0.2) is 0 Å². The van der Waals surface area contributed by atoms with Crippen molar-refractivity contribution in [3.63, 3.8) is 0 Å². The maximum Gasteiger partial charge on any atom is 0.306 e. The lowest BCUT2D eigenvalue weighted by Gasteiger charge is -2.31. The van der Waals surface area contributed by atoms with Gasteiger partial charge in [-0.15, -0.1) is 0 Å². The zero-order valence-corrected chi connectivity index (χ0v) is 9.52. The highest BCUT2D eigenvalue weighted by Gasteiger charge is 2.23. The Morgan fingerprint density at radius 1 is 1.47 bits per heavy atom. The van der Waals surface area contributed by atoms with Crippen molar-refractivity contribution >= 4 is 11.9 Å². The van der Waals surface area contributed by atoms with E-state index in [1.165, 1.54) is 6.92 Å². The van der Waals surface area contributed by atoms with Crippen LogP contribution in [0, 0.1) is 0 Å². The summed E-state index contributed by atoms with van der Waals surface area (Å²) in [6.07, 6.45) is -0.390. The van der Waals surface area contributed by atoms with Crippen LogP contribution in [0.3, 0.4) is 0 Å². The van der Waals surface area contributed by atoms with Crippen LogP contribution >= 0.6 is 0 Å². The first-order valence-electron chi connectivity index (χ1n) is 5.18. The smallest absolute Gasteiger partial charge is 0.306 e. The molecule has 1 heterocycles. The third kappa shape index (κ3) is 5.37. The second-order valence-electron chi connectivity index (χ2n) is 3.06. The SMILES string of the molecule is CC.CC(=O)N1CCOC(CC(=O)O)C1. The van der Waals surface area contributed by atoms with Gasteiger partial charge in [0.2, 0.25) is 5.91 Å². The minimum Gasteiger partial charge on any atom is -0.481 e. The van der Waals surface area contributed by atoms with Crippen molar-refractivity contribution in [1.29, 1.82) is 0 Å². The molecule has 5 heteroatoms. The van der Waals surface area contributed by atoms with E-state index in [4.69, 9.17) is 9.84 Å². The van der Waals surface area contributed by atoms with E-state index < -0.39 is 5.97 Å². The van der Waals surface area contributed by atoms with Crippen LogP contribution in [0.5, 0.6) is 0 Å². The van der Waals surface area contributed by atoms with Crippen LogP contribution < -0.4 is 0 Å². The minimum atomic E-state index is -0.893. The summed E-state index contributed by atoms with van der Waals surface area (Å²) in [4.78, 5) is 22.9. The summed E-state index contributed by atoms with van der Waals surface area (Å²) in [5, 5.41) is 8.51. The molecule has 1 saturated heterocycles. The van der Waals surface area contributed by atoms with E-state index in [0.717, 1.165) is 0 Å². The van der Waals surface area contributed by atoms with Crippen LogP contribution in [-0.2, 0) is 14.3 Å². The van der Waals surface area contributed by atoms with Crippen molar-refractivity contribution in [2.75, 3.05) is 19.7 Å². The maximum absolute atomic E-state index is 11.0. The number of carboxylic acid groups (broad SMARTS) is 1. The molecule has 1 aliphatic heterocycles. The molecule has 1 amide bonds. The second kappa shape index (κ2) is 7.23. The Labute approximate surface area is 90.0 Å². The van der Waals surface area contributed by atoms with E-state index in [9.17, 15) is 9.59 Å². The number of hydrogen-bond donors (Lipinski definition) is 1. The quantitative estimate of drug-likeness (QED) is 0.740. The number of carboxylic acids is 1. The summed E-state index contributed by atoms with van der Waals surface area (Å²) >= 11 is 0. The molecule has 1 unspecified atom stereocenters. The van der Waals surface area contributed by atoms with Crippen LogP contribution in [0.4, 0.5) is 0 Å². The van der Waals surface area contributed by atoms with Gasteiger partial charge in [0.05, 0.1) is 19.1 Å². The summed E-state index contributed by atoms with van der Waals surface area (Å²) in [6, 6.07) is 0. The Morgan fingerprint density at radius 3 is 2.53 bits per heavy atom. The molecule has 1 aliphatic rings. The highest BCUT2D eigenvalue weighted by Crippen LogP contribution is 2.08. The molecule has 0 aromatic rings. The Kier molecular flexibility index (Phi) is 6.70. The number of nitrogens with zero attached hydrogens (tertiary/aromatic N) is 1. The van der Waals surface area contributed by atoms with Crippen molar-refractivity contribution in [1.82, 2.24) is 4.90 Å². The number of amides is 1.